The monoisotopic (exact) mass is 295 g/mol. The van der Waals surface area contributed by atoms with Crippen molar-refractivity contribution in [3.05, 3.63) is 35.7 Å². The van der Waals surface area contributed by atoms with E-state index >= 15 is 0 Å². The molecule has 2 aromatic rings. The van der Waals surface area contributed by atoms with E-state index < -0.39 is 0 Å². The Balaban J connectivity index is 1.93. The second-order valence-electron chi connectivity index (χ2n) is 4.08. The van der Waals surface area contributed by atoms with Gasteiger partial charge in [0.15, 0.2) is 4.34 Å². The fourth-order valence-electron chi connectivity index (χ4n) is 1.64. The minimum atomic E-state index is 0.740. The summed E-state index contributed by atoms with van der Waals surface area (Å²) in [6.07, 6.45) is 1.59. The van der Waals surface area contributed by atoms with Crippen LogP contribution in [0.4, 0.5) is 0 Å². The summed E-state index contributed by atoms with van der Waals surface area (Å²) in [5, 5.41) is 3.34. The molecule has 0 fully saturated rings. The van der Waals surface area contributed by atoms with E-state index in [0.717, 1.165) is 24.0 Å². The molecule has 4 nitrogen and oxygen atoms in total. The largest absolute Gasteiger partial charge is 0.383 e. The Labute approximate surface area is 121 Å². The molecule has 0 aliphatic heterocycles. The summed E-state index contributed by atoms with van der Waals surface area (Å²) in [5.74, 6) is 0. The normalized spacial score (nSPS) is 10.8. The lowest BCUT2D eigenvalue weighted by Gasteiger charge is -2.08. The van der Waals surface area contributed by atoms with Crippen molar-refractivity contribution in [3.8, 4) is 0 Å². The van der Waals surface area contributed by atoms with E-state index in [1.807, 2.05) is 0 Å². The number of aromatic nitrogens is 2. The summed E-state index contributed by atoms with van der Waals surface area (Å²) in [5.41, 5.74) is 2.56. The van der Waals surface area contributed by atoms with Crippen LogP contribution in [0.1, 0.15) is 11.1 Å². The molecule has 102 valence electrons. The molecule has 0 saturated carbocycles. The number of methoxy groups -OCH3 is 1. The number of nitrogens with one attached hydrogen (secondary N) is 1. The van der Waals surface area contributed by atoms with Crippen molar-refractivity contribution in [1.82, 2.24) is 14.7 Å². The summed E-state index contributed by atoms with van der Waals surface area (Å²) in [7, 11) is 1.71. The van der Waals surface area contributed by atoms with Crippen LogP contribution in [0.2, 0.25) is 0 Å². The van der Waals surface area contributed by atoms with E-state index in [-0.39, 0.29) is 0 Å². The van der Waals surface area contributed by atoms with E-state index in [0.29, 0.717) is 0 Å². The van der Waals surface area contributed by atoms with Crippen LogP contribution >= 0.6 is 23.3 Å². The second kappa shape index (κ2) is 7.59. The molecule has 1 N–H and O–H groups in total. The van der Waals surface area contributed by atoms with Gasteiger partial charge in [0.1, 0.15) is 6.33 Å². The number of ether oxygens (including phenoxy) is 1. The summed E-state index contributed by atoms with van der Waals surface area (Å²) < 4.78 is 10.00. The lowest BCUT2D eigenvalue weighted by atomic mass is 10.1. The molecule has 0 amide bonds. The molecular formula is C13H17N3OS2. The zero-order valence-corrected chi connectivity index (χ0v) is 12.7. The molecular weight excluding hydrogens is 278 g/mol. The van der Waals surface area contributed by atoms with Crippen LogP contribution in [0.5, 0.6) is 0 Å². The zero-order chi connectivity index (χ0) is 13.5. The van der Waals surface area contributed by atoms with Gasteiger partial charge >= 0.3 is 0 Å². The van der Waals surface area contributed by atoms with E-state index in [9.17, 15) is 0 Å². The van der Waals surface area contributed by atoms with Crippen molar-refractivity contribution in [2.45, 2.75) is 22.7 Å². The Morgan fingerprint density at radius 1 is 1.42 bits per heavy atom. The Kier molecular flexibility index (Phi) is 5.78. The Hall–Kier alpha value is -0.950. The number of benzene rings is 1. The number of aryl methyl sites for hydroxylation is 1. The maximum atomic E-state index is 5.00. The molecule has 19 heavy (non-hydrogen) atoms. The van der Waals surface area contributed by atoms with Gasteiger partial charge in [0.25, 0.3) is 0 Å². The van der Waals surface area contributed by atoms with Crippen LogP contribution in [0.15, 0.2) is 33.8 Å². The standard InChI is InChI=1S/C13H17N3OS2/c1-10-7-11(8-14-5-6-17-2)3-4-12(10)18-13-15-9-16-19-13/h3-4,7,9,14H,5-6,8H2,1-2H3. The summed E-state index contributed by atoms with van der Waals surface area (Å²) >= 11 is 3.09. The number of hydrogen-bond donors (Lipinski definition) is 1. The lowest BCUT2D eigenvalue weighted by molar-refractivity contribution is 0.199. The van der Waals surface area contributed by atoms with Crippen molar-refractivity contribution in [2.24, 2.45) is 0 Å². The van der Waals surface area contributed by atoms with Crippen LogP contribution < -0.4 is 5.32 Å². The van der Waals surface area contributed by atoms with Gasteiger partial charge in [0.05, 0.1) is 6.61 Å². The number of nitrogens with zero attached hydrogens (tertiary/aromatic N) is 2. The summed E-state index contributed by atoms with van der Waals surface area (Å²) in [4.78, 5) is 5.42. The number of rotatable bonds is 7. The van der Waals surface area contributed by atoms with Crippen molar-refractivity contribution in [2.75, 3.05) is 20.3 Å². The van der Waals surface area contributed by atoms with Gasteiger partial charge in [-0.15, -0.1) is 0 Å². The van der Waals surface area contributed by atoms with Crippen molar-refractivity contribution in [1.29, 1.82) is 0 Å². The van der Waals surface area contributed by atoms with Crippen LogP contribution in [0.3, 0.4) is 0 Å². The lowest BCUT2D eigenvalue weighted by Crippen LogP contribution is -2.18. The van der Waals surface area contributed by atoms with Crippen LogP contribution in [0.25, 0.3) is 0 Å². The van der Waals surface area contributed by atoms with E-state index in [1.54, 1.807) is 25.2 Å². The fourth-order valence-corrected chi connectivity index (χ4v) is 3.12. The van der Waals surface area contributed by atoms with Gasteiger partial charge in [0.2, 0.25) is 0 Å². The van der Waals surface area contributed by atoms with Gasteiger partial charge in [-0.3, -0.25) is 0 Å². The fraction of sp³-hybridized carbons (Fsp3) is 0.385. The minimum Gasteiger partial charge on any atom is -0.383 e. The van der Waals surface area contributed by atoms with E-state index in [2.05, 4.69) is 39.8 Å². The second-order valence-corrected chi connectivity index (χ2v) is 6.15. The predicted molar refractivity (Wildman–Crippen MR) is 78.8 cm³/mol. The Bertz CT molecular complexity index is 503. The quantitative estimate of drug-likeness (QED) is 0.796. The molecule has 6 heteroatoms. The highest BCUT2D eigenvalue weighted by Gasteiger charge is 2.05. The molecule has 0 atom stereocenters. The van der Waals surface area contributed by atoms with Crippen molar-refractivity contribution >= 4 is 23.3 Å². The van der Waals surface area contributed by atoms with Gasteiger partial charge in [0, 0.05) is 25.1 Å². The molecule has 0 saturated heterocycles. The minimum absolute atomic E-state index is 0.740. The molecule has 2 rings (SSSR count). The average Bonchev–Trinajstić information content (AvgIpc) is 2.91. The van der Waals surface area contributed by atoms with Crippen LogP contribution in [-0.4, -0.2) is 29.6 Å². The summed E-state index contributed by atoms with van der Waals surface area (Å²) in [6, 6.07) is 6.51. The highest BCUT2D eigenvalue weighted by Crippen LogP contribution is 2.30. The molecule has 0 radical (unpaired) electrons. The SMILES string of the molecule is COCCNCc1ccc(Sc2ncns2)c(C)c1. The average molecular weight is 295 g/mol. The molecule has 0 unspecified atom stereocenters. The van der Waals surface area contributed by atoms with E-state index in [4.69, 9.17) is 4.74 Å². The third-order valence-corrected chi connectivity index (χ3v) is 4.48. The van der Waals surface area contributed by atoms with Gasteiger partial charge in [-0.1, -0.05) is 23.9 Å². The first-order chi connectivity index (χ1) is 9.29. The van der Waals surface area contributed by atoms with E-state index in [1.165, 1.54) is 27.6 Å². The smallest absolute Gasteiger partial charge is 0.174 e. The summed E-state index contributed by atoms with van der Waals surface area (Å²) in [6.45, 7) is 4.61. The Morgan fingerprint density at radius 3 is 3.00 bits per heavy atom. The highest BCUT2D eigenvalue weighted by molar-refractivity contribution is 8.01. The van der Waals surface area contributed by atoms with Gasteiger partial charge in [-0.25, -0.2) is 4.98 Å². The molecule has 1 heterocycles. The first-order valence-corrected chi connectivity index (χ1v) is 7.62. The predicted octanol–water partition coefficient (Wildman–Crippen LogP) is 2.73. The van der Waals surface area contributed by atoms with Crippen molar-refractivity contribution in [3.63, 3.8) is 0 Å². The first kappa shape index (κ1) is 14.5. The van der Waals surface area contributed by atoms with Gasteiger partial charge in [-0.05, 0) is 35.6 Å². The maximum absolute atomic E-state index is 5.00. The molecule has 0 aliphatic carbocycles. The third kappa shape index (κ3) is 4.58. The van der Waals surface area contributed by atoms with Gasteiger partial charge < -0.3 is 10.1 Å². The maximum Gasteiger partial charge on any atom is 0.174 e. The van der Waals surface area contributed by atoms with Crippen molar-refractivity contribution < 1.29 is 4.74 Å². The Morgan fingerprint density at radius 2 is 2.32 bits per heavy atom. The topological polar surface area (TPSA) is 47.0 Å². The first-order valence-electron chi connectivity index (χ1n) is 6.03. The molecule has 0 aliphatic rings. The highest BCUT2D eigenvalue weighted by atomic mass is 32.2. The molecule has 1 aromatic carbocycles. The van der Waals surface area contributed by atoms with Gasteiger partial charge in [-0.2, -0.15) is 4.37 Å². The van der Waals surface area contributed by atoms with Crippen LogP contribution in [-0.2, 0) is 11.3 Å². The number of hydrogen-bond acceptors (Lipinski definition) is 6. The van der Waals surface area contributed by atoms with Crippen LogP contribution in [0, 0.1) is 6.92 Å². The third-order valence-electron chi connectivity index (χ3n) is 2.59. The zero-order valence-electron chi connectivity index (χ0n) is 11.0. The molecule has 0 bridgehead atoms. The molecule has 0 spiro atoms. The molecule has 1 aromatic heterocycles.